The van der Waals surface area contributed by atoms with Crippen LogP contribution >= 0.6 is 11.6 Å². The maximum atomic E-state index is 14.4. The molecule has 3 saturated carbocycles. The molecule has 0 amide bonds. The molecule has 290 valence electrons. The zero-order valence-electron chi connectivity index (χ0n) is 31.4. The number of carbonyl (C=O) groups excluding carboxylic acids is 1. The molecule has 2 bridgehead atoms. The van der Waals surface area contributed by atoms with Crippen molar-refractivity contribution in [3.63, 3.8) is 0 Å². The Kier molecular flexibility index (Phi) is 9.94. The zero-order valence-corrected chi connectivity index (χ0v) is 32.2. The summed E-state index contributed by atoms with van der Waals surface area (Å²) in [6.45, 7) is 0.272. The molecule has 3 fully saturated rings. The number of benzene rings is 3. The summed E-state index contributed by atoms with van der Waals surface area (Å²) in [7, 11) is 0. The molecule has 57 heavy (non-hydrogen) atoms. The Morgan fingerprint density at radius 2 is 1.44 bits per heavy atom. The Morgan fingerprint density at radius 3 is 2.02 bits per heavy atom. The number of hydrogen-bond donors (Lipinski definition) is 1. The first-order valence-electron chi connectivity index (χ1n) is 19.6. The Hall–Kier alpha value is -5.68. The van der Waals surface area contributed by atoms with Gasteiger partial charge in [-0.15, -0.1) is 0 Å². The Labute approximate surface area is 334 Å². The number of aromatic nitrogens is 6. The fourth-order valence-corrected chi connectivity index (χ4v) is 9.62. The summed E-state index contributed by atoms with van der Waals surface area (Å²) >= 11 is 6.63. The number of carbonyl (C=O) groups is 1. The van der Waals surface area contributed by atoms with Crippen LogP contribution < -0.4 is 5.32 Å². The lowest BCUT2D eigenvalue weighted by Gasteiger charge is -2.47. The van der Waals surface area contributed by atoms with Crippen LogP contribution in [0.1, 0.15) is 55.3 Å². The number of nitrogens with one attached hydrogen (secondary N) is 1. The van der Waals surface area contributed by atoms with Crippen LogP contribution in [0.3, 0.4) is 0 Å². The monoisotopic (exact) mass is 785 g/mol. The highest BCUT2D eigenvalue weighted by molar-refractivity contribution is 6.29. The number of esters is 1. The number of ether oxygens (including phenoxy) is 1. The average Bonchev–Trinajstić information content (AvgIpc) is 3.85. The van der Waals surface area contributed by atoms with Gasteiger partial charge < -0.3 is 19.2 Å². The van der Waals surface area contributed by atoms with Gasteiger partial charge in [0.1, 0.15) is 41.0 Å². The van der Waals surface area contributed by atoms with E-state index < -0.39 is 24.9 Å². The van der Waals surface area contributed by atoms with Crippen LogP contribution in [-0.2, 0) is 15.1 Å². The van der Waals surface area contributed by atoms with Crippen LogP contribution in [0.2, 0.25) is 5.15 Å². The Bertz CT molecular complexity index is 2420. The normalized spacial score (nSPS) is 19.4. The highest BCUT2D eigenvalue weighted by Crippen LogP contribution is 2.48. The number of rotatable bonds is 12. The first-order chi connectivity index (χ1) is 28.0. The van der Waals surface area contributed by atoms with Gasteiger partial charge in [-0.1, -0.05) is 103 Å². The summed E-state index contributed by atoms with van der Waals surface area (Å²) in [4.78, 5) is 33.6. The number of hydrogen-bond acceptors (Lipinski definition) is 7. The minimum Gasteiger partial charge on any atom is -0.466 e. The van der Waals surface area contributed by atoms with Crippen molar-refractivity contribution in [2.24, 2.45) is 17.8 Å². The van der Waals surface area contributed by atoms with Gasteiger partial charge >= 0.3 is 5.97 Å². The summed E-state index contributed by atoms with van der Waals surface area (Å²) in [5.74, 6) is 0.570. The summed E-state index contributed by atoms with van der Waals surface area (Å²) in [6, 6.07) is 31.1. The van der Waals surface area contributed by atoms with Crippen LogP contribution in [0, 0.1) is 17.8 Å². The fourth-order valence-electron chi connectivity index (χ4n) is 9.49. The van der Waals surface area contributed by atoms with Crippen LogP contribution in [0.4, 0.5) is 14.6 Å². The Morgan fingerprint density at radius 1 is 0.842 bits per heavy atom. The maximum absolute atomic E-state index is 14.4. The number of anilines is 1. The molecular weight excluding hydrogens is 744 g/mol. The molecule has 3 aromatic carbocycles. The second-order valence-electron chi connectivity index (χ2n) is 15.0. The van der Waals surface area contributed by atoms with Crippen molar-refractivity contribution in [3.05, 3.63) is 137 Å². The zero-order chi connectivity index (χ0) is 39.1. The SMILES string of the molecule is CCOC(=O)[C@@H]1C2CCC(CC2)[C@H]1Nc1nc(-c2cn(C(c3ccccc3)(c3ccccc3)c3ccccc3)c3ncc(Cl)nc23)nc2c1ccn2C(CF)CF. The summed E-state index contributed by atoms with van der Waals surface area (Å²) in [5, 5.41) is 4.47. The van der Waals surface area contributed by atoms with Crippen molar-refractivity contribution in [1.29, 1.82) is 0 Å². The topological polar surface area (TPSA) is 99.8 Å². The van der Waals surface area contributed by atoms with E-state index in [-0.39, 0.29) is 40.7 Å². The van der Waals surface area contributed by atoms with Crippen molar-refractivity contribution in [2.45, 2.75) is 50.2 Å². The highest BCUT2D eigenvalue weighted by Gasteiger charge is 2.48. The van der Waals surface area contributed by atoms with Crippen molar-refractivity contribution in [2.75, 3.05) is 25.3 Å². The quantitative estimate of drug-likeness (QED) is 0.0973. The summed E-state index contributed by atoms with van der Waals surface area (Å²) in [5.41, 5.74) is 3.81. The summed E-state index contributed by atoms with van der Waals surface area (Å²) in [6.07, 6.45) is 9.03. The lowest BCUT2D eigenvalue weighted by Crippen LogP contribution is -2.52. The molecule has 12 heteroatoms. The van der Waals surface area contributed by atoms with E-state index in [1.807, 2.05) is 67.7 Å². The van der Waals surface area contributed by atoms with E-state index in [9.17, 15) is 13.6 Å². The van der Waals surface area contributed by atoms with E-state index in [0.717, 1.165) is 42.4 Å². The molecule has 0 aliphatic heterocycles. The van der Waals surface area contributed by atoms with E-state index in [2.05, 4.69) is 46.3 Å². The van der Waals surface area contributed by atoms with Gasteiger partial charge in [0.2, 0.25) is 0 Å². The molecule has 0 radical (unpaired) electrons. The van der Waals surface area contributed by atoms with Crippen LogP contribution in [0.15, 0.2) is 116 Å². The smallest absolute Gasteiger partial charge is 0.311 e. The lowest BCUT2D eigenvalue weighted by molar-refractivity contribution is -0.154. The molecule has 4 heterocycles. The van der Waals surface area contributed by atoms with Crippen molar-refractivity contribution >= 4 is 45.6 Å². The van der Waals surface area contributed by atoms with Crippen molar-refractivity contribution in [3.8, 4) is 11.4 Å². The largest absolute Gasteiger partial charge is 0.466 e. The predicted molar refractivity (Wildman–Crippen MR) is 218 cm³/mol. The minimum atomic E-state index is -1.09. The molecule has 10 rings (SSSR count). The molecule has 0 unspecified atom stereocenters. The van der Waals surface area contributed by atoms with Crippen LogP contribution in [0.5, 0.6) is 0 Å². The van der Waals surface area contributed by atoms with E-state index in [1.165, 1.54) is 10.8 Å². The number of fused-ring (bicyclic) bond motifs is 5. The van der Waals surface area contributed by atoms with Crippen LogP contribution in [-0.4, -0.2) is 61.0 Å². The van der Waals surface area contributed by atoms with E-state index in [0.29, 0.717) is 40.2 Å². The molecule has 7 aromatic rings. The van der Waals surface area contributed by atoms with Gasteiger partial charge in [0, 0.05) is 18.4 Å². The second kappa shape index (κ2) is 15.3. The van der Waals surface area contributed by atoms with E-state index in [4.69, 9.17) is 36.3 Å². The van der Waals surface area contributed by atoms with E-state index in [1.54, 1.807) is 12.3 Å². The van der Waals surface area contributed by atoms with Gasteiger partial charge in [-0.25, -0.2) is 28.7 Å². The first-order valence-corrected chi connectivity index (χ1v) is 20.0. The fraction of sp³-hybridized carbons (Fsp3) is 0.311. The molecule has 0 spiro atoms. The molecule has 0 saturated heterocycles. The third-order valence-electron chi connectivity index (χ3n) is 12.0. The van der Waals surface area contributed by atoms with Gasteiger partial charge in [0.25, 0.3) is 0 Å². The molecule has 1 N–H and O–H groups in total. The number of nitrogens with zero attached hydrogens (tertiary/aromatic N) is 6. The Balaban J connectivity index is 1.31. The maximum Gasteiger partial charge on any atom is 0.311 e. The first kappa shape index (κ1) is 36.9. The molecule has 2 atom stereocenters. The minimum absolute atomic E-state index is 0.180. The van der Waals surface area contributed by atoms with Crippen molar-refractivity contribution in [1.82, 2.24) is 29.1 Å². The molecule has 4 aromatic heterocycles. The van der Waals surface area contributed by atoms with Gasteiger partial charge in [-0.3, -0.25) is 4.79 Å². The average molecular weight is 786 g/mol. The molecular formula is C45H42ClF2N7O2. The molecule has 3 aliphatic carbocycles. The lowest BCUT2D eigenvalue weighted by atomic mass is 9.61. The molecule has 9 nitrogen and oxygen atoms in total. The molecule has 3 aliphatic rings. The van der Waals surface area contributed by atoms with Gasteiger partial charge in [-0.2, -0.15) is 0 Å². The third kappa shape index (κ3) is 6.23. The van der Waals surface area contributed by atoms with Gasteiger partial charge in [-0.05, 0) is 67.2 Å². The highest BCUT2D eigenvalue weighted by atomic mass is 35.5. The van der Waals surface area contributed by atoms with Gasteiger partial charge in [0.05, 0.1) is 35.7 Å². The standard InChI is InChI=1S/C45H42ClF2N7O2/c1-2-57-44(56)37-28-18-20-29(21-19-28)38(37)51-40-34-22-23-54(33(24-47)25-48)42(34)53-41(52-40)35-27-55(43-39(35)50-36(46)26-49-43)45(30-12-6-3-7-13-30,31-14-8-4-9-15-31)32-16-10-5-11-17-32/h3-17,22-23,26-29,33,37-38H,2,18-21,24-25H2,1H3,(H,51,52,53)/t28?,29?,37-,38-/m1/s1. The number of alkyl halides is 2. The van der Waals surface area contributed by atoms with E-state index >= 15 is 0 Å². The number of halogens is 3. The second-order valence-corrected chi connectivity index (χ2v) is 15.4. The summed E-state index contributed by atoms with van der Waals surface area (Å²) < 4.78 is 38.1. The van der Waals surface area contributed by atoms with Crippen LogP contribution in [0.25, 0.3) is 33.6 Å². The predicted octanol–water partition coefficient (Wildman–Crippen LogP) is 9.60. The third-order valence-corrected chi connectivity index (χ3v) is 12.2. The van der Waals surface area contributed by atoms with Crippen molar-refractivity contribution < 1.29 is 18.3 Å². The van der Waals surface area contributed by atoms with Gasteiger partial charge in [0.15, 0.2) is 11.5 Å².